The Hall–Kier alpha value is -2.44. The number of carbonyl (C=O) groups is 1. The number of amides is 1. The second-order valence-corrected chi connectivity index (χ2v) is 3.64. The molecular weight excluding hydrogens is 244 g/mol. The number of nitrogens with zero attached hydrogens (tertiary/aromatic N) is 1. The highest BCUT2D eigenvalue weighted by atomic mass is 19.2. The van der Waals surface area contributed by atoms with Crippen molar-refractivity contribution in [3.63, 3.8) is 0 Å². The summed E-state index contributed by atoms with van der Waals surface area (Å²) in [5.74, 6) is -2.87. The van der Waals surface area contributed by atoms with Crippen LogP contribution in [0.2, 0.25) is 0 Å². The first-order chi connectivity index (χ1) is 8.47. The summed E-state index contributed by atoms with van der Waals surface area (Å²) in [6.07, 6.45) is 0. The monoisotopic (exact) mass is 253 g/mol. The van der Waals surface area contributed by atoms with Gasteiger partial charge in [-0.25, -0.2) is 8.78 Å². The molecule has 3 N–H and O–H groups in total. The standard InChI is InChI=1S/C11H9F2N3O2/c1-5-2-10(18-16-5)15-11(17)6-3-7(12)8(13)4-9(6)14/h2-4H,14H2,1H3,(H,15,17). The third-order valence-electron chi connectivity index (χ3n) is 2.20. The van der Waals surface area contributed by atoms with Gasteiger partial charge in [0.2, 0.25) is 5.88 Å². The topological polar surface area (TPSA) is 81.2 Å². The molecule has 0 fully saturated rings. The summed E-state index contributed by atoms with van der Waals surface area (Å²) in [7, 11) is 0. The van der Waals surface area contributed by atoms with Gasteiger partial charge in [-0.2, -0.15) is 0 Å². The number of hydrogen-bond donors (Lipinski definition) is 2. The number of nitrogens with one attached hydrogen (secondary N) is 1. The molecule has 0 saturated carbocycles. The molecule has 94 valence electrons. The van der Waals surface area contributed by atoms with Crippen LogP contribution in [-0.4, -0.2) is 11.1 Å². The van der Waals surface area contributed by atoms with Crippen LogP contribution in [0.5, 0.6) is 0 Å². The van der Waals surface area contributed by atoms with E-state index in [1.54, 1.807) is 6.92 Å². The van der Waals surface area contributed by atoms with Crippen LogP contribution in [0.4, 0.5) is 20.4 Å². The molecule has 7 heteroatoms. The largest absolute Gasteiger partial charge is 0.398 e. The van der Waals surface area contributed by atoms with Gasteiger partial charge >= 0.3 is 0 Å². The predicted octanol–water partition coefficient (Wildman–Crippen LogP) is 2.10. The van der Waals surface area contributed by atoms with Crippen LogP contribution in [0, 0.1) is 18.6 Å². The SMILES string of the molecule is Cc1cc(NC(=O)c2cc(F)c(F)cc2N)on1. The van der Waals surface area contributed by atoms with E-state index in [0.29, 0.717) is 5.69 Å². The third kappa shape index (κ3) is 2.29. The van der Waals surface area contributed by atoms with E-state index in [0.717, 1.165) is 12.1 Å². The van der Waals surface area contributed by atoms with Crippen molar-refractivity contribution in [3.8, 4) is 0 Å². The zero-order chi connectivity index (χ0) is 13.3. The van der Waals surface area contributed by atoms with Crippen molar-refractivity contribution in [3.05, 3.63) is 41.1 Å². The molecule has 0 aliphatic heterocycles. The van der Waals surface area contributed by atoms with E-state index in [4.69, 9.17) is 10.3 Å². The maximum atomic E-state index is 13.0. The molecular formula is C11H9F2N3O2. The second kappa shape index (κ2) is 4.44. The van der Waals surface area contributed by atoms with E-state index in [-0.39, 0.29) is 17.1 Å². The predicted molar refractivity (Wildman–Crippen MR) is 60.0 cm³/mol. The molecule has 18 heavy (non-hydrogen) atoms. The van der Waals surface area contributed by atoms with E-state index < -0.39 is 17.5 Å². The van der Waals surface area contributed by atoms with Gasteiger partial charge in [0, 0.05) is 17.8 Å². The fourth-order valence-corrected chi connectivity index (χ4v) is 1.36. The summed E-state index contributed by atoms with van der Waals surface area (Å²) in [5.41, 5.74) is 5.67. The highest BCUT2D eigenvalue weighted by Gasteiger charge is 2.15. The maximum absolute atomic E-state index is 13.0. The highest BCUT2D eigenvalue weighted by Crippen LogP contribution is 2.19. The molecule has 2 aromatic rings. The van der Waals surface area contributed by atoms with Gasteiger partial charge in [-0.15, -0.1) is 0 Å². The molecule has 1 aromatic carbocycles. The number of rotatable bonds is 2. The molecule has 1 amide bonds. The minimum absolute atomic E-state index is 0.0987. The Labute approximate surface area is 101 Å². The number of halogens is 2. The van der Waals surface area contributed by atoms with Crippen LogP contribution in [0.3, 0.4) is 0 Å². The van der Waals surface area contributed by atoms with E-state index in [1.807, 2.05) is 0 Å². The summed E-state index contributed by atoms with van der Waals surface area (Å²) in [5, 5.41) is 5.89. The zero-order valence-electron chi connectivity index (χ0n) is 9.33. The molecule has 1 aromatic heterocycles. The van der Waals surface area contributed by atoms with Crippen LogP contribution < -0.4 is 11.1 Å². The summed E-state index contributed by atoms with van der Waals surface area (Å²) >= 11 is 0. The van der Waals surface area contributed by atoms with Crippen molar-refractivity contribution in [2.24, 2.45) is 0 Å². The van der Waals surface area contributed by atoms with E-state index in [2.05, 4.69) is 10.5 Å². The van der Waals surface area contributed by atoms with Crippen LogP contribution in [0.1, 0.15) is 16.1 Å². The molecule has 0 saturated heterocycles. The Morgan fingerprint density at radius 2 is 2.00 bits per heavy atom. The van der Waals surface area contributed by atoms with Crippen LogP contribution in [0.15, 0.2) is 22.7 Å². The van der Waals surface area contributed by atoms with Gasteiger partial charge in [0.15, 0.2) is 11.6 Å². The molecule has 0 radical (unpaired) electrons. The molecule has 0 atom stereocenters. The van der Waals surface area contributed by atoms with E-state index >= 15 is 0 Å². The molecule has 1 heterocycles. The third-order valence-corrected chi connectivity index (χ3v) is 2.20. The molecule has 0 aliphatic rings. The van der Waals surface area contributed by atoms with E-state index in [9.17, 15) is 13.6 Å². The van der Waals surface area contributed by atoms with Gasteiger partial charge in [0.05, 0.1) is 11.3 Å². The first-order valence-corrected chi connectivity index (χ1v) is 4.96. The number of hydrogen-bond acceptors (Lipinski definition) is 4. The smallest absolute Gasteiger partial charge is 0.260 e. The van der Waals surface area contributed by atoms with Crippen molar-refractivity contribution in [2.75, 3.05) is 11.1 Å². The second-order valence-electron chi connectivity index (χ2n) is 3.64. The highest BCUT2D eigenvalue weighted by molar-refractivity contribution is 6.07. The first-order valence-electron chi connectivity index (χ1n) is 4.96. The summed E-state index contributed by atoms with van der Waals surface area (Å²) < 4.78 is 30.6. The number of carbonyl (C=O) groups excluding carboxylic acids is 1. The molecule has 5 nitrogen and oxygen atoms in total. The van der Waals surface area contributed by atoms with Gasteiger partial charge < -0.3 is 10.3 Å². The van der Waals surface area contributed by atoms with Crippen LogP contribution >= 0.6 is 0 Å². The number of nitrogen functional groups attached to an aromatic ring is 1. The minimum atomic E-state index is -1.15. The quantitative estimate of drug-likeness (QED) is 0.803. The Balaban J connectivity index is 2.26. The molecule has 0 unspecified atom stereocenters. The first kappa shape index (κ1) is 12.0. The number of aromatic nitrogens is 1. The molecule has 2 rings (SSSR count). The minimum Gasteiger partial charge on any atom is -0.398 e. The summed E-state index contributed by atoms with van der Waals surface area (Å²) in [4.78, 5) is 11.7. The van der Waals surface area contributed by atoms with E-state index in [1.165, 1.54) is 6.07 Å². The van der Waals surface area contributed by atoms with Gasteiger partial charge in [-0.3, -0.25) is 10.1 Å². The lowest BCUT2D eigenvalue weighted by Crippen LogP contribution is -2.14. The lowest BCUT2D eigenvalue weighted by atomic mass is 10.1. The van der Waals surface area contributed by atoms with Crippen molar-refractivity contribution < 1.29 is 18.1 Å². The average molecular weight is 253 g/mol. The molecule has 0 bridgehead atoms. The van der Waals surface area contributed by atoms with Gasteiger partial charge in [-0.1, -0.05) is 5.16 Å². The van der Waals surface area contributed by atoms with Crippen molar-refractivity contribution in [1.82, 2.24) is 5.16 Å². The summed E-state index contributed by atoms with van der Waals surface area (Å²) in [6, 6.07) is 2.95. The summed E-state index contributed by atoms with van der Waals surface area (Å²) in [6.45, 7) is 1.67. The van der Waals surface area contributed by atoms with Crippen molar-refractivity contribution in [2.45, 2.75) is 6.92 Å². The molecule has 0 aliphatic carbocycles. The Morgan fingerprint density at radius 3 is 2.61 bits per heavy atom. The Morgan fingerprint density at radius 1 is 1.33 bits per heavy atom. The van der Waals surface area contributed by atoms with Crippen LogP contribution in [0.25, 0.3) is 0 Å². The van der Waals surface area contributed by atoms with Crippen molar-refractivity contribution >= 4 is 17.5 Å². The fraction of sp³-hybridized carbons (Fsp3) is 0.0909. The number of anilines is 2. The van der Waals surface area contributed by atoms with Gasteiger partial charge in [0.1, 0.15) is 0 Å². The Kier molecular flexibility index (Phi) is 2.97. The number of aryl methyl sites for hydroxylation is 1. The van der Waals surface area contributed by atoms with Gasteiger partial charge in [-0.05, 0) is 13.0 Å². The lowest BCUT2D eigenvalue weighted by Gasteiger charge is -2.05. The normalized spacial score (nSPS) is 10.4. The molecule has 0 spiro atoms. The van der Waals surface area contributed by atoms with Crippen LogP contribution in [-0.2, 0) is 0 Å². The number of nitrogens with two attached hydrogens (primary N) is 1. The zero-order valence-corrected chi connectivity index (χ0v) is 9.33. The van der Waals surface area contributed by atoms with Gasteiger partial charge in [0.25, 0.3) is 5.91 Å². The van der Waals surface area contributed by atoms with Crippen molar-refractivity contribution in [1.29, 1.82) is 0 Å². The lowest BCUT2D eigenvalue weighted by molar-refractivity contribution is 0.102. The maximum Gasteiger partial charge on any atom is 0.260 e. The number of benzene rings is 1. The fourth-order valence-electron chi connectivity index (χ4n) is 1.36. The Bertz CT molecular complexity index is 610. The average Bonchev–Trinajstić information content (AvgIpc) is 2.69.